The molecule has 1 saturated heterocycles. The van der Waals surface area contributed by atoms with Gasteiger partial charge in [-0.2, -0.15) is 0 Å². The van der Waals surface area contributed by atoms with Gasteiger partial charge in [0.1, 0.15) is 12.1 Å². The number of benzene rings is 1. The van der Waals surface area contributed by atoms with Crippen LogP contribution in [-0.4, -0.2) is 36.7 Å². The van der Waals surface area contributed by atoms with Crippen LogP contribution in [0.25, 0.3) is 0 Å². The smallest absolute Gasteiger partial charge is 0.225 e. The number of anilines is 1. The Labute approximate surface area is 118 Å². The highest BCUT2D eigenvalue weighted by atomic mass is 19.1. The summed E-state index contributed by atoms with van der Waals surface area (Å²) in [4.78, 5) is 24.7. The van der Waals surface area contributed by atoms with Gasteiger partial charge in [-0.3, -0.25) is 4.79 Å². The second-order valence-corrected chi connectivity index (χ2v) is 5.12. The van der Waals surface area contributed by atoms with E-state index >= 15 is 0 Å². The summed E-state index contributed by atoms with van der Waals surface area (Å²) in [5.41, 5.74) is 0.210. The van der Waals surface area contributed by atoms with Crippen molar-refractivity contribution in [3.05, 3.63) is 30.1 Å². The average Bonchev–Trinajstić information content (AvgIpc) is 2.48. The van der Waals surface area contributed by atoms with E-state index in [2.05, 4.69) is 10.2 Å². The third-order valence-corrected chi connectivity index (χ3v) is 3.54. The maximum Gasteiger partial charge on any atom is 0.225 e. The Morgan fingerprint density at radius 3 is 3.00 bits per heavy atom. The SMILES string of the molecule is O=CC1CCCN(CCC(=O)Nc2ccccc2F)C1. The highest BCUT2D eigenvalue weighted by Gasteiger charge is 2.19. The summed E-state index contributed by atoms with van der Waals surface area (Å²) in [6, 6.07) is 6.11. The van der Waals surface area contributed by atoms with Gasteiger partial charge < -0.3 is 15.0 Å². The normalized spacial score (nSPS) is 19.6. The van der Waals surface area contributed by atoms with Crippen LogP contribution >= 0.6 is 0 Å². The number of aldehydes is 1. The van der Waals surface area contributed by atoms with Crippen molar-refractivity contribution in [2.24, 2.45) is 5.92 Å². The van der Waals surface area contributed by atoms with Crippen LogP contribution in [0.15, 0.2) is 24.3 Å². The molecule has 1 N–H and O–H groups in total. The molecule has 1 amide bonds. The highest BCUT2D eigenvalue weighted by Crippen LogP contribution is 2.15. The Morgan fingerprint density at radius 2 is 2.25 bits per heavy atom. The molecule has 20 heavy (non-hydrogen) atoms. The number of halogens is 1. The van der Waals surface area contributed by atoms with Gasteiger partial charge in [0.25, 0.3) is 0 Å². The standard InChI is InChI=1S/C15H19FN2O2/c16-13-5-1-2-6-14(13)17-15(20)7-9-18-8-3-4-12(10-18)11-19/h1-2,5-6,11-12H,3-4,7-10H2,(H,17,20). The van der Waals surface area contributed by atoms with E-state index < -0.39 is 5.82 Å². The molecule has 1 fully saturated rings. The lowest BCUT2D eigenvalue weighted by molar-refractivity contribution is -0.116. The molecule has 108 valence electrons. The fourth-order valence-corrected chi connectivity index (χ4v) is 2.44. The van der Waals surface area contributed by atoms with Gasteiger partial charge in [-0.25, -0.2) is 4.39 Å². The molecular weight excluding hydrogens is 259 g/mol. The van der Waals surface area contributed by atoms with E-state index in [4.69, 9.17) is 0 Å². The lowest BCUT2D eigenvalue weighted by Crippen LogP contribution is -2.37. The van der Waals surface area contributed by atoms with Crippen molar-refractivity contribution in [2.45, 2.75) is 19.3 Å². The Kier molecular flexibility index (Phi) is 5.24. The molecule has 1 aliphatic rings. The monoisotopic (exact) mass is 278 g/mol. The van der Waals surface area contributed by atoms with Crippen molar-refractivity contribution in [1.29, 1.82) is 0 Å². The van der Waals surface area contributed by atoms with Crippen molar-refractivity contribution in [3.63, 3.8) is 0 Å². The van der Waals surface area contributed by atoms with Gasteiger partial charge in [0.15, 0.2) is 0 Å². The summed E-state index contributed by atoms with van der Waals surface area (Å²) in [7, 11) is 0. The quantitative estimate of drug-likeness (QED) is 0.839. The molecule has 0 aromatic heterocycles. The van der Waals surface area contributed by atoms with Gasteiger partial charge in [-0.15, -0.1) is 0 Å². The number of hydrogen-bond acceptors (Lipinski definition) is 3. The fourth-order valence-electron chi connectivity index (χ4n) is 2.44. The summed E-state index contributed by atoms with van der Waals surface area (Å²) in [5.74, 6) is -0.554. The van der Waals surface area contributed by atoms with E-state index in [1.807, 2.05) is 0 Å². The first-order valence-corrected chi connectivity index (χ1v) is 6.91. The average molecular weight is 278 g/mol. The fraction of sp³-hybridized carbons (Fsp3) is 0.467. The predicted octanol–water partition coefficient (Wildman–Crippen LogP) is 2.07. The Morgan fingerprint density at radius 1 is 1.45 bits per heavy atom. The second-order valence-electron chi connectivity index (χ2n) is 5.12. The summed E-state index contributed by atoms with van der Waals surface area (Å²) >= 11 is 0. The van der Waals surface area contributed by atoms with E-state index in [1.165, 1.54) is 12.1 Å². The Balaban J connectivity index is 1.78. The molecule has 2 rings (SSSR count). The maximum atomic E-state index is 13.4. The van der Waals surface area contributed by atoms with Gasteiger partial charge in [-0.1, -0.05) is 12.1 Å². The molecule has 1 aromatic carbocycles. The molecule has 0 radical (unpaired) electrons. The first-order chi connectivity index (χ1) is 9.69. The third-order valence-electron chi connectivity index (χ3n) is 3.54. The highest BCUT2D eigenvalue weighted by molar-refractivity contribution is 5.90. The van der Waals surface area contributed by atoms with Crippen LogP contribution in [0, 0.1) is 11.7 Å². The van der Waals surface area contributed by atoms with Crippen molar-refractivity contribution < 1.29 is 14.0 Å². The largest absolute Gasteiger partial charge is 0.324 e. The minimum Gasteiger partial charge on any atom is -0.324 e. The van der Waals surface area contributed by atoms with E-state index in [0.29, 0.717) is 13.0 Å². The van der Waals surface area contributed by atoms with Crippen molar-refractivity contribution >= 4 is 17.9 Å². The number of nitrogens with zero attached hydrogens (tertiary/aromatic N) is 1. The summed E-state index contributed by atoms with van der Waals surface area (Å²) < 4.78 is 13.4. The van der Waals surface area contributed by atoms with Gasteiger partial charge >= 0.3 is 0 Å². The number of carbonyl (C=O) groups excluding carboxylic acids is 2. The van der Waals surface area contributed by atoms with Crippen molar-refractivity contribution in [3.8, 4) is 0 Å². The van der Waals surface area contributed by atoms with Crippen LogP contribution in [0.1, 0.15) is 19.3 Å². The van der Waals surface area contributed by atoms with Crippen LogP contribution in [0.4, 0.5) is 10.1 Å². The van der Waals surface area contributed by atoms with Crippen LogP contribution < -0.4 is 5.32 Å². The first kappa shape index (κ1) is 14.7. The minimum atomic E-state index is -0.431. The van der Waals surface area contributed by atoms with Gasteiger partial charge in [0.2, 0.25) is 5.91 Å². The molecule has 4 nitrogen and oxygen atoms in total. The predicted molar refractivity (Wildman–Crippen MR) is 74.9 cm³/mol. The Hall–Kier alpha value is -1.75. The number of carbonyl (C=O) groups is 2. The molecule has 0 saturated carbocycles. The van der Waals surface area contributed by atoms with Gasteiger partial charge in [-0.05, 0) is 31.5 Å². The first-order valence-electron chi connectivity index (χ1n) is 6.91. The molecule has 1 aromatic rings. The molecule has 0 spiro atoms. The number of hydrogen-bond donors (Lipinski definition) is 1. The minimum absolute atomic E-state index is 0.0818. The topological polar surface area (TPSA) is 49.4 Å². The maximum absolute atomic E-state index is 13.4. The van der Waals surface area contributed by atoms with E-state index in [0.717, 1.165) is 32.2 Å². The molecular formula is C15H19FN2O2. The van der Waals surface area contributed by atoms with E-state index in [9.17, 15) is 14.0 Å². The number of likely N-dealkylation sites (tertiary alicyclic amines) is 1. The molecule has 1 aliphatic heterocycles. The zero-order chi connectivity index (χ0) is 14.4. The van der Waals surface area contributed by atoms with Crippen LogP contribution in [-0.2, 0) is 9.59 Å². The van der Waals surface area contributed by atoms with E-state index in [1.54, 1.807) is 12.1 Å². The zero-order valence-electron chi connectivity index (χ0n) is 11.3. The van der Waals surface area contributed by atoms with Gasteiger partial charge in [0, 0.05) is 25.4 Å². The van der Waals surface area contributed by atoms with Crippen molar-refractivity contribution in [2.75, 3.05) is 25.0 Å². The molecule has 1 unspecified atom stereocenters. The summed E-state index contributed by atoms with van der Waals surface area (Å²) in [6.07, 6.45) is 3.21. The Bertz CT molecular complexity index is 479. The molecule has 1 atom stereocenters. The van der Waals surface area contributed by atoms with Gasteiger partial charge in [0.05, 0.1) is 5.69 Å². The lowest BCUT2D eigenvalue weighted by atomic mass is 10.00. The number of piperidine rings is 1. The molecule has 0 bridgehead atoms. The molecule has 1 heterocycles. The number of nitrogens with one attached hydrogen (secondary N) is 1. The molecule has 0 aliphatic carbocycles. The van der Waals surface area contributed by atoms with Crippen LogP contribution in [0.3, 0.4) is 0 Å². The third kappa shape index (κ3) is 4.13. The van der Waals surface area contributed by atoms with Crippen molar-refractivity contribution in [1.82, 2.24) is 4.90 Å². The van der Waals surface area contributed by atoms with E-state index in [-0.39, 0.29) is 17.5 Å². The summed E-state index contributed by atoms with van der Waals surface area (Å²) in [5, 5.41) is 2.56. The number of rotatable bonds is 5. The lowest BCUT2D eigenvalue weighted by Gasteiger charge is -2.29. The number of amides is 1. The summed E-state index contributed by atoms with van der Waals surface area (Å²) in [6.45, 7) is 2.23. The molecule has 5 heteroatoms. The van der Waals surface area contributed by atoms with Crippen LogP contribution in [0.2, 0.25) is 0 Å². The number of para-hydroxylation sites is 1. The van der Waals surface area contributed by atoms with Crippen LogP contribution in [0.5, 0.6) is 0 Å². The second kappa shape index (κ2) is 7.14. The zero-order valence-corrected chi connectivity index (χ0v) is 11.3.